The van der Waals surface area contributed by atoms with Crippen LogP contribution in [0.25, 0.3) is 54.3 Å². The molecule has 3 heterocycles. The molecule has 0 amide bonds. The maximum absolute atomic E-state index is 4.64. The van der Waals surface area contributed by atoms with Crippen molar-refractivity contribution in [2.45, 2.75) is 46.5 Å². The molecule has 0 aliphatic rings. The first-order valence-corrected chi connectivity index (χ1v) is 15.3. The van der Waals surface area contributed by atoms with Crippen molar-refractivity contribution in [1.82, 2.24) is 14.2 Å². The van der Waals surface area contributed by atoms with Crippen molar-refractivity contribution in [1.29, 1.82) is 0 Å². The van der Waals surface area contributed by atoms with Gasteiger partial charge in [0.2, 0.25) is 0 Å². The SMILES string of the molecule is Cc1ccc2c(sc3ccnn32)c1-c1n(-c2c(C(C)C)cc(-c3ccccc3)cc2C(C)C)c2ccccc2[n+]1C. The Labute approximate surface area is 245 Å². The zero-order valence-corrected chi connectivity index (χ0v) is 25.3. The molecule has 3 aromatic heterocycles. The lowest BCUT2D eigenvalue weighted by Gasteiger charge is -2.21. The number of imidazole rings is 1. The largest absolute Gasteiger partial charge is 0.296 e. The van der Waals surface area contributed by atoms with Gasteiger partial charge in [-0.1, -0.05) is 76.2 Å². The number of hydrogen-bond donors (Lipinski definition) is 0. The Bertz CT molecular complexity index is 2040. The van der Waals surface area contributed by atoms with Gasteiger partial charge in [0.25, 0.3) is 5.82 Å². The van der Waals surface area contributed by atoms with Crippen molar-refractivity contribution in [3.05, 3.63) is 108 Å². The van der Waals surface area contributed by atoms with E-state index in [4.69, 9.17) is 0 Å². The number of para-hydroxylation sites is 2. The van der Waals surface area contributed by atoms with Crippen LogP contribution in [0.5, 0.6) is 0 Å². The molecule has 5 heteroatoms. The molecule has 0 bridgehead atoms. The molecule has 0 N–H and O–H groups in total. The summed E-state index contributed by atoms with van der Waals surface area (Å²) in [5, 5.41) is 4.64. The van der Waals surface area contributed by atoms with E-state index in [1.165, 1.54) is 60.6 Å². The molecule has 0 radical (unpaired) electrons. The topological polar surface area (TPSA) is 26.1 Å². The summed E-state index contributed by atoms with van der Waals surface area (Å²) >= 11 is 1.82. The monoisotopic (exact) mass is 555 g/mol. The highest BCUT2D eigenvalue weighted by molar-refractivity contribution is 7.24. The molecule has 0 fully saturated rings. The summed E-state index contributed by atoms with van der Waals surface area (Å²) in [6, 6.07) is 31.0. The lowest BCUT2D eigenvalue weighted by Crippen LogP contribution is -2.30. The fourth-order valence-electron chi connectivity index (χ4n) is 6.31. The molecule has 7 rings (SSSR count). The van der Waals surface area contributed by atoms with Crippen LogP contribution >= 0.6 is 11.3 Å². The van der Waals surface area contributed by atoms with Gasteiger partial charge in [0.1, 0.15) is 10.5 Å². The molecule has 0 saturated heterocycles. The molecule has 0 aliphatic heterocycles. The second kappa shape index (κ2) is 9.71. The van der Waals surface area contributed by atoms with Crippen LogP contribution in [-0.4, -0.2) is 14.2 Å². The second-order valence-corrected chi connectivity index (χ2v) is 12.7. The average molecular weight is 556 g/mol. The molecule has 0 saturated carbocycles. The molecule has 0 spiro atoms. The number of thiazole rings is 1. The molecular weight excluding hydrogens is 520 g/mol. The van der Waals surface area contributed by atoms with E-state index in [1.54, 1.807) is 0 Å². The third kappa shape index (κ3) is 3.94. The second-order valence-electron chi connectivity index (χ2n) is 11.7. The first kappa shape index (κ1) is 25.7. The van der Waals surface area contributed by atoms with Gasteiger partial charge in [0.05, 0.1) is 29.0 Å². The maximum atomic E-state index is 4.64. The van der Waals surface area contributed by atoms with Crippen LogP contribution < -0.4 is 4.57 Å². The summed E-state index contributed by atoms with van der Waals surface area (Å²) in [6.07, 6.45) is 1.89. The van der Waals surface area contributed by atoms with Gasteiger partial charge in [-0.05, 0) is 71.8 Å². The third-order valence-electron chi connectivity index (χ3n) is 8.37. The van der Waals surface area contributed by atoms with E-state index in [1.807, 2.05) is 17.5 Å². The summed E-state index contributed by atoms with van der Waals surface area (Å²) in [6.45, 7) is 11.5. The predicted molar refractivity (Wildman–Crippen MR) is 172 cm³/mol. The van der Waals surface area contributed by atoms with Gasteiger partial charge in [-0.15, -0.1) is 11.3 Å². The normalized spacial score (nSPS) is 12.1. The molecule has 0 atom stereocenters. The number of aryl methyl sites for hydroxylation is 2. The molecule has 7 aromatic rings. The van der Waals surface area contributed by atoms with Gasteiger partial charge >= 0.3 is 0 Å². The molecule has 0 aliphatic carbocycles. The number of hydrogen-bond acceptors (Lipinski definition) is 2. The van der Waals surface area contributed by atoms with Crippen LogP contribution in [0.1, 0.15) is 56.2 Å². The van der Waals surface area contributed by atoms with Crippen LogP contribution in [0, 0.1) is 6.92 Å². The van der Waals surface area contributed by atoms with Crippen molar-refractivity contribution >= 4 is 37.4 Å². The van der Waals surface area contributed by atoms with Gasteiger partial charge in [0.15, 0.2) is 11.0 Å². The van der Waals surface area contributed by atoms with Crippen molar-refractivity contribution < 1.29 is 4.57 Å². The van der Waals surface area contributed by atoms with Crippen LogP contribution in [-0.2, 0) is 7.05 Å². The summed E-state index contributed by atoms with van der Waals surface area (Å²) in [4.78, 5) is 1.16. The Balaban J connectivity index is 1.65. The summed E-state index contributed by atoms with van der Waals surface area (Å²) in [5.74, 6) is 1.88. The Hall–Kier alpha value is -4.22. The summed E-state index contributed by atoms with van der Waals surface area (Å²) in [7, 11) is 2.22. The van der Waals surface area contributed by atoms with Crippen molar-refractivity contribution in [3.63, 3.8) is 0 Å². The van der Waals surface area contributed by atoms with Crippen LogP contribution in [0.3, 0.4) is 0 Å². The predicted octanol–water partition coefficient (Wildman–Crippen LogP) is 9.21. The van der Waals surface area contributed by atoms with Crippen molar-refractivity contribution in [2.24, 2.45) is 7.05 Å². The molecule has 0 unspecified atom stereocenters. The molecule has 41 heavy (non-hydrogen) atoms. The number of benzene rings is 4. The van der Waals surface area contributed by atoms with Gasteiger partial charge in [-0.25, -0.2) is 9.08 Å². The number of fused-ring (bicyclic) bond motifs is 4. The lowest BCUT2D eigenvalue weighted by atomic mass is 9.88. The highest BCUT2D eigenvalue weighted by Gasteiger charge is 2.33. The number of rotatable bonds is 5. The van der Waals surface area contributed by atoms with E-state index >= 15 is 0 Å². The number of nitrogens with zero attached hydrogens (tertiary/aromatic N) is 4. The highest BCUT2D eigenvalue weighted by atomic mass is 32.1. The minimum atomic E-state index is 0.340. The van der Waals surface area contributed by atoms with Crippen molar-refractivity contribution in [2.75, 3.05) is 0 Å². The first-order valence-electron chi connectivity index (χ1n) is 14.4. The summed E-state index contributed by atoms with van der Waals surface area (Å²) < 4.78 is 8.28. The average Bonchev–Trinajstić information content (AvgIpc) is 3.65. The van der Waals surface area contributed by atoms with E-state index in [-0.39, 0.29) is 0 Å². The van der Waals surface area contributed by atoms with E-state index < -0.39 is 0 Å². The summed E-state index contributed by atoms with van der Waals surface area (Å²) in [5.41, 5.74) is 12.7. The van der Waals surface area contributed by atoms with Gasteiger partial charge in [0, 0.05) is 11.1 Å². The van der Waals surface area contributed by atoms with Gasteiger partial charge in [-0.3, -0.25) is 0 Å². The smallest absolute Gasteiger partial charge is 0.225 e. The standard InChI is InChI=1S/C36H35N4S/c1-22(2)27-20-26(25-12-8-7-9-13-25)21-28(23(3)4)34(27)39-30-15-11-10-14-29(30)38(6)36(39)33-24(5)16-17-31-35(33)41-32-18-19-37-40(31)32/h7-23H,1-6H3/q+1. The Morgan fingerprint density at radius 1 is 0.756 bits per heavy atom. The van der Waals surface area contributed by atoms with Gasteiger partial charge in [-0.2, -0.15) is 9.67 Å². The molecular formula is C36H35N4S+. The maximum Gasteiger partial charge on any atom is 0.296 e. The zero-order chi connectivity index (χ0) is 28.4. The Morgan fingerprint density at radius 2 is 1.44 bits per heavy atom. The fraction of sp³-hybridized carbons (Fsp3) is 0.222. The number of aromatic nitrogens is 4. The lowest BCUT2D eigenvalue weighted by molar-refractivity contribution is -0.633. The zero-order valence-electron chi connectivity index (χ0n) is 24.5. The molecule has 204 valence electrons. The quantitative estimate of drug-likeness (QED) is 0.194. The van der Waals surface area contributed by atoms with Crippen molar-refractivity contribution in [3.8, 4) is 28.2 Å². The Kier molecular flexibility index (Phi) is 6.09. The van der Waals surface area contributed by atoms with E-state index in [0.717, 1.165) is 10.3 Å². The van der Waals surface area contributed by atoms with E-state index in [0.29, 0.717) is 11.8 Å². The van der Waals surface area contributed by atoms with Crippen LogP contribution in [0.2, 0.25) is 0 Å². The highest BCUT2D eigenvalue weighted by Crippen LogP contribution is 2.42. The molecule has 4 nitrogen and oxygen atoms in total. The van der Waals surface area contributed by atoms with E-state index in [9.17, 15) is 0 Å². The Morgan fingerprint density at radius 3 is 2.15 bits per heavy atom. The van der Waals surface area contributed by atoms with E-state index in [2.05, 4.69) is 145 Å². The van der Waals surface area contributed by atoms with Crippen LogP contribution in [0.4, 0.5) is 0 Å². The third-order valence-corrected chi connectivity index (χ3v) is 9.50. The van der Waals surface area contributed by atoms with Crippen LogP contribution in [0.15, 0.2) is 91.1 Å². The minimum absolute atomic E-state index is 0.340. The minimum Gasteiger partial charge on any atom is -0.225 e. The molecule has 4 aromatic carbocycles. The van der Waals surface area contributed by atoms with Gasteiger partial charge < -0.3 is 0 Å². The fourth-order valence-corrected chi connectivity index (χ4v) is 7.49. The first-order chi connectivity index (χ1) is 19.8.